The smallest absolute Gasteiger partial charge is 0.161 e. The third kappa shape index (κ3) is 4.40. The molecule has 0 saturated heterocycles. The van der Waals surface area contributed by atoms with Crippen LogP contribution < -0.4 is 9.47 Å². The third-order valence-electron chi connectivity index (χ3n) is 4.51. The Kier molecular flexibility index (Phi) is 5.98. The molecule has 6 nitrogen and oxygen atoms in total. The Morgan fingerprint density at radius 1 is 1.07 bits per heavy atom. The number of aliphatic hydroxyl groups is 1. The van der Waals surface area contributed by atoms with Crippen molar-refractivity contribution in [1.29, 1.82) is 0 Å². The summed E-state index contributed by atoms with van der Waals surface area (Å²) in [5, 5.41) is 10.5. The van der Waals surface area contributed by atoms with Gasteiger partial charge in [0.05, 0.1) is 37.9 Å². The second-order valence-electron chi connectivity index (χ2n) is 6.91. The van der Waals surface area contributed by atoms with Crippen molar-refractivity contribution >= 4 is 11.0 Å². The van der Waals surface area contributed by atoms with Crippen LogP contribution in [0.4, 0.5) is 0 Å². The lowest BCUT2D eigenvalue weighted by atomic mass is 10.1. The highest BCUT2D eigenvalue weighted by atomic mass is 16.5. The highest BCUT2D eigenvalue weighted by molar-refractivity contribution is 5.76. The molecule has 2 aromatic carbocycles. The summed E-state index contributed by atoms with van der Waals surface area (Å²) in [7, 11) is 7.18. The van der Waals surface area contributed by atoms with Gasteiger partial charge in [0.15, 0.2) is 11.5 Å². The van der Waals surface area contributed by atoms with Crippen LogP contribution in [0, 0.1) is 0 Å². The molecule has 0 amide bonds. The second-order valence-corrected chi connectivity index (χ2v) is 6.91. The molecule has 1 heterocycles. The van der Waals surface area contributed by atoms with E-state index in [1.165, 1.54) is 0 Å². The van der Waals surface area contributed by atoms with Crippen molar-refractivity contribution < 1.29 is 14.6 Å². The molecule has 1 N–H and O–H groups in total. The summed E-state index contributed by atoms with van der Waals surface area (Å²) in [4.78, 5) is 6.79. The van der Waals surface area contributed by atoms with Gasteiger partial charge in [-0.2, -0.15) is 0 Å². The van der Waals surface area contributed by atoms with Crippen LogP contribution in [0.3, 0.4) is 0 Å². The highest BCUT2D eigenvalue weighted by Crippen LogP contribution is 2.29. The second kappa shape index (κ2) is 8.41. The van der Waals surface area contributed by atoms with Gasteiger partial charge in [-0.15, -0.1) is 0 Å². The van der Waals surface area contributed by atoms with Crippen LogP contribution in [0.5, 0.6) is 11.5 Å². The SMILES string of the molecule is COc1ccc(Cc2nc3ccccc3n2CC(O)CN(C)C)cc1OC. The minimum Gasteiger partial charge on any atom is -0.493 e. The molecule has 0 aliphatic carbocycles. The van der Waals surface area contributed by atoms with Crippen molar-refractivity contribution in [1.82, 2.24) is 14.5 Å². The van der Waals surface area contributed by atoms with Gasteiger partial charge in [0.1, 0.15) is 5.82 Å². The van der Waals surface area contributed by atoms with Gasteiger partial charge in [0.2, 0.25) is 0 Å². The van der Waals surface area contributed by atoms with E-state index in [0.29, 0.717) is 31.0 Å². The Hall–Kier alpha value is -2.57. The molecule has 0 radical (unpaired) electrons. The largest absolute Gasteiger partial charge is 0.493 e. The first-order chi connectivity index (χ1) is 13.0. The summed E-state index contributed by atoms with van der Waals surface area (Å²) in [6, 6.07) is 13.9. The molecule has 1 aromatic heterocycles. The summed E-state index contributed by atoms with van der Waals surface area (Å²) in [6.45, 7) is 1.10. The molecule has 3 aromatic rings. The zero-order valence-corrected chi connectivity index (χ0v) is 16.3. The van der Waals surface area contributed by atoms with Crippen molar-refractivity contribution in [2.24, 2.45) is 0 Å². The van der Waals surface area contributed by atoms with Crippen molar-refractivity contribution in [2.45, 2.75) is 19.1 Å². The summed E-state index contributed by atoms with van der Waals surface area (Å²) in [5.74, 6) is 2.32. The van der Waals surface area contributed by atoms with Gasteiger partial charge in [-0.25, -0.2) is 4.98 Å². The van der Waals surface area contributed by atoms with Gasteiger partial charge < -0.3 is 24.0 Å². The van der Waals surface area contributed by atoms with Crippen LogP contribution in [-0.4, -0.2) is 60.5 Å². The first kappa shape index (κ1) is 19.2. The van der Waals surface area contributed by atoms with Gasteiger partial charge in [-0.3, -0.25) is 0 Å². The van der Waals surface area contributed by atoms with Crippen LogP contribution >= 0.6 is 0 Å². The van der Waals surface area contributed by atoms with E-state index in [-0.39, 0.29) is 0 Å². The number of methoxy groups -OCH3 is 2. The number of ether oxygens (including phenoxy) is 2. The first-order valence-corrected chi connectivity index (χ1v) is 8.99. The van der Waals surface area contributed by atoms with Crippen LogP contribution in [0.15, 0.2) is 42.5 Å². The molecule has 0 fully saturated rings. The Morgan fingerprint density at radius 3 is 2.52 bits per heavy atom. The predicted octanol–water partition coefficient (Wildman–Crippen LogP) is 2.57. The molecular weight excluding hydrogens is 342 g/mol. The van der Waals surface area contributed by atoms with Gasteiger partial charge in [0, 0.05) is 13.0 Å². The van der Waals surface area contributed by atoms with Crippen molar-refractivity contribution in [3.8, 4) is 11.5 Å². The number of benzene rings is 2. The number of nitrogens with zero attached hydrogens (tertiary/aromatic N) is 3. The van der Waals surface area contributed by atoms with Crippen LogP contribution in [0.1, 0.15) is 11.4 Å². The summed E-state index contributed by atoms with van der Waals surface area (Å²) in [6.07, 6.45) is 0.172. The summed E-state index contributed by atoms with van der Waals surface area (Å²) < 4.78 is 12.8. The molecular formula is C21H27N3O3. The summed E-state index contributed by atoms with van der Waals surface area (Å²) >= 11 is 0. The highest BCUT2D eigenvalue weighted by Gasteiger charge is 2.16. The maximum Gasteiger partial charge on any atom is 0.161 e. The molecule has 1 atom stereocenters. The lowest BCUT2D eigenvalue weighted by Gasteiger charge is -2.18. The number of hydrogen-bond acceptors (Lipinski definition) is 5. The fourth-order valence-electron chi connectivity index (χ4n) is 3.33. The van der Waals surface area contributed by atoms with Crippen LogP contribution in [0.2, 0.25) is 0 Å². The number of aliphatic hydroxyl groups excluding tert-OH is 1. The number of hydrogen-bond donors (Lipinski definition) is 1. The van der Waals surface area contributed by atoms with E-state index < -0.39 is 6.10 Å². The quantitative estimate of drug-likeness (QED) is 0.661. The first-order valence-electron chi connectivity index (χ1n) is 8.99. The zero-order valence-electron chi connectivity index (χ0n) is 16.3. The Balaban J connectivity index is 1.95. The van der Waals surface area contributed by atoms with Crippen molar-refractivity contribution in [3.63, 3.8) is 0 Å². The van der Waals surface area contributed by atoms with E-state index in [9.17, 15) is 5.11 Å². The zero-order chi connectivity index (χ0) is 19.4. The number of para-hydroxylation sites is 2. The van der Waals surface area contributed by atoms with E-state index in [1.54, 1.807) is 14.2 Å². The predicted molar refractivity (Wildman–Crippen MR) is 107 cm³/mol. The van der Waals surface area contributed by atoms with Crippen LogP contribution in [0.25, 0.3) is 11.0 Å². The molecule has 1 unspecified atom stereocenters. The Morgan fingerprint density at radius 2 is 1.81 bits per heavy atom. The minimum atomic E-state index is -0.471. The van der Waals surface area contributed by atoms with Crippen molar-refractivity contribution in [2.75, 3.05) is 34.9 Å². The fraction of sp³-hybridized carbons (Fsp3) is 0.381. The van der Waals surface area contributed by atoms with Gasteiger partial charge in [0.25, 0.3) is 0 Å². The molecule has 0 saturated carbocycles. The van der Waals surface area contributed by atoms with Crippen molar-refractivity contribution in [3.05, 3.63) is 53.9 Å². The maximum absolute atomic E-state index is 10.5. The topological polar surface area (TPSA) is 59.8 Å². The normalized spacial score (nSPS) is 12.5. The molecule has 27 heavy (non-hydrogen) atoms. The van der Waals surface area contributed by atoms with E-state index in [2.05, 4.69) is 4.57 Å². The minimum absolute atomic E-state index is 0.471. The van der Waals surface area contributed by atoms with E-state index >= 15 is 0 Å². The van der Waals surface area contributed by atoms with E-state index in [1.807, 2.05) is 61.5 Å². The lowest BCUT2D eigenvalue weighted by Crippen LogP contribution is -2.30. The number of aromatic nitrogens is 2. The van der Waals surface area contributed by atoms with E-state index in [4.69, 9.17) is 14.5 Å². The molecule has 0 bridgehead atoms. The van der Waals surface area contributed by atoms with Gasteiger partial charge in [-0.1, -0.05) is 18.2 Å². The number of rotatable bonds is 8. The Labute approximate surface area is 160 Å². The number of imidazole rings is 1. The fourth-order valence-corrected chi connectivity index (χ4v) is 3.33. The number of fused-ring (bicyclic) bond motifs is 1. The maximum atomic E-state index is 10.5. The molecule has 3 rings (SSSR count). The van der Waals surface area contributed by atoms with Gasteiger partial charge in [-0.05, 0) is 43.9 Å². The van der Waals surface area contributed by atoms with E-state index in [0.717, 1.165) is 22.4 Å². The van der Waals surface area contributed by atoms with Crippen LogP contribution in [-0.2, 0) is 13.0 Å². The average molecular weight is 369 g/mol. The molecule has 0 spiro atoms. The Bertz CT molecular complexity index is 905. The summed E-state index contributed by atoms with van der Waals surface area (Å²) in [5.41, 5.74) is 3.04. The standard InChI is InChI=1S/C21H27N3O3/c1-23(2)13-16(25)14-24-18-8-6-5-7-17(18)22-21(24)12-15-9-10-19(26-3)20(11-15)27-4/h5-11,16,25H,12-14H2,1-4H3. The monoisotopic (exact) mass is 369 g/mol. The van der Waals surface area contributed by atoms with Gasteiger partial charge >= 0.3 is 0 Å². The molecule has 0 aliphatic rings. The lowest BCUT2D eigenvalue weighted by molar-refractivity contribution is 0.120. The average Bonchev–Trinajstić information content (AvgIpc) is 2.98. The molecule has 0 aliphatic heterocycles. The number of likely N-dealkylation sites (N-methyl/N-ethyl adjacent to an activating group) is 1. The third-order valence-corrected chi connectivity index (χ3v) is 4.51. The molecule has 6 heteroatoms. The molecule has 144 valence electrons.